The number of methoxy groups -OCH3 is 1. The molecule has 4 nitrogen and oxygen atoms in total. The van der Waals surface area contributed by atoms with E-state index < -0.39 is 0 Å². The number of carbonyl (C=O) groups is 1. The van der Waals surface area contributed by atoms with E-state index in [1.807, 2.05) is 23.1 Å². The highest BCUT2D eigenvalue weighted by Crippen LogP contribution is 2.22. The number of carbonyl (C=O) groups excluding carboxylic acids is 1. The Balaban J connectivity index is 2.09. The number of nitrogens with zero attached hydrogens (tertiary/aromatic N) is 1. The predicted octanol–water partition coefficient (Wildman–Crippen LogP) is 1.55. The van der Waals surface area contributed by atoms with Gasteiger partial charge in [0.1, 0.15) is 0 Å². The molecule has 1 amide bonds. The van der Waals surface area contributed by atoms with E-state index in [1.54, 1.807) is 7.11 Å². The van der Waals surface area contributed by atoms with Crippen molar-refractivity contribution in [2.75, 3.05) is 31.7 Å². The largest absolute Gasteiger partial charge is 0.385 e. The van der Waals surface area contributed by atoms with Crippen LogP contribution in [0.5, 0.6) is 0 Å². The number of para-hydroxylation sites is 1. The maximum atomic E-state index is 12.2. The highest BCUT2D eigenvalue weighted by atomic mass is 16.5. The smallest absolute Gasteiger partial charge is 0.227 e. The van der Waals surface area contributed by atoms with Crippen LogP contribution in [0, 0.1) is 0 Å². The quantitative estimate of drug-likeness (QED) is 0.822. The summed E-state index contributed by atoms with van der Waals surface area (Å²) in [6.45, 7) is 3.05. The van der Waals surface area contributed by atoms with Gasteiger partial charge in [-0.05, 0) is 18.1 Å². The van der Waals surface area contributed by atoms with Crippen LogP contribution in [0.15, 0.2) is 24.3 Å². The van der Waals surface area contributed by atoms with Gasteiger partial charge in [0.2, 0.25) is 5.91 Å². The molecular weight excluding hydrogens is 228 g/mol. The van der Waals surface area contributed by atoms with Crippen molar-refractivity contribution in [1.82, 2.24) is 5.32 Å². The van der Waals surface area contributed by atoms with Crippen LogP contribution < -0.4 is 10.2 Å². The molecule has 0 spiro atoms. The summed E-state index contributed by atoms with van der Waals surface area (Å²) in [6.07, 6.45) is 1.32. The van der Waals surface area contributed by atoms with Gasteiger partial charge in [-0.1, -0.05) is 18.2 Å². The summed E-state index contributed by atoms with van der Waals surface area (Å²) in [5, 5.41) is 3.34. The van der Waals surface area contributed by atoms with Crippen LogP contribution in [0.1, 0.15) is 18.4 Å². The molecule has 0 aromatic heterocycles. The van der Waals surface area contributed by atoms with Crippen LogP contribution >= 0.6 is 0 Å². The average Bonchev–Trinajstić information content (AvgIpc) is 2.61. The Hall–Kier alpha value is -1.39. The number of rotatable bonds is 4. The number of fused-ring (bicyclic) bond motifs is 1. The summed E-state index contributed by atoms with van der Waals surface area (Å²) in [4.78, 5) is 14.1. The molecule has 0 radical (unpaired) electrons. The second-order valence-corrected chi connectivity index (χ2v) is 4.45. The molecule has 0 fully saturated rings. The minimum absolute atomic E-state index is 0.184. The van der Waals surface area contributed by atoms with Gasteiger partial charge >= 0.3 is 0 Å². The van der Waals surface area contributed by atoms with E-state index in [1.165, 1.54) is 5.56 Å². The van der Waals surface area contributed by atoms with E-state index in [-0.39, 0.29) is 5.91 Å². The van der Waals surface area contributed by atoms with Crippen LogP contribution in [0.2, 0.25) is 0 Å². The van der Waals surface area contributed by atoms with E-state index in [2.05, 4.69) is 11.4 Å². The molecule has 1 aliphatic rings. The van der Waals surface area contributed by atoms with Gasteiger partial charge in [0, 0.05) is 45.5 Å². The zero-order valence-corrected chi connectivity index (χ0v) is 10.8. The van der Waals surface area contributed by atoms with Crippen molar-refractivity contribution in [3.05, 3.63) is 29.8 Å². The molecule has 1 aromatic rings. The maximum absolute atomic E-state index is 12.2. The van der Waals surface area contributed by atoms with Crippen LogP contribution in [-0.4, -0.2) is 32.7 Å². The van der Waals surface area contributed by atoms with Gasteiger partial charge in [-0.15, -0.1) is 0 Å². The Kier molecular flexibility index (Phi) is 4.73. The molecule has 4 heteroatoms. The lowest BCUT2D eigenvalue weighted by molar-refractivity contribution is -0.118. The van der Waals surface area contributed by atoms with Crippen LogP contribution in [0.3, 0.4) is 0 Å². The number of hydrogen-bond acceptors (Lipinski definition) is 3. The Labute approximate surface area is 108 Å². The lowest BCUT2D eigenvalue weighted by Gasteiger charge is -2.22. The molecule has 1 N–H and O–H groups in total. The molecule has 1 aliphatic heterocycles. The third kappa shape index (κ3) is 3.09. The van der Waals surface area contributed by atoms with E-state index in [9.17, 15) is 4.79 Å². The van der Waals surface area contributed by atoms with Crippen molar-refractivity contribution in [3.63, 3.8) is 0 Å². The first-order valence-electron chi connectivity index (χ1n) is 6.41. The fourth-order valence-electron chi connectivity index (χ4n) is 2.22. The van der Waals surface area contributed by atoms with Crippen LogP contribution in [-0.2, 0) is 16.1 Å². The summed E-state index contributed by atoms with van der Waals surface area (Å²) in [5.41, 5.74) is 2.24. The lowest BCUT2D eigenvalue weighted by atomic mass is 10.1. The van der Waals surface area contributed by atoms with E-state index in [4.69, 9.17) is 4.74 Å². The second-order valence-electron chi connectivity index (χ2n) is 4.45. The summed E-state index contributed by atoms with van der Waals surface area (Å²) in [7, 11) is 1.66. The van der Waals surface area contributed by atoms with E-state index in [0.29, 0.717) is 13.0 Å². The maximum Gasteiger partial charge on any atom is 0.227 e. The van der Waals surface area contributed by atoms with Gasteiger partial charge in [-0.3, -0.25) is 4.79 Å². The zero-order valence-electron chi connectivity index (χ0n) is 10.8. The van der Waals surface area contributed by atoms with Gasteiger partial charge in [0.25, 0.3) is 0 Å². The van der Waals surface area contributed by atoms with Crippen molar-refractivity contribution in [1.29, 1.82) is 0 Å². The third-order valence-electron chi connectivity index (χ3n) is 3.15. The molecular formula is C14H20N2O2. The number of amides is 1. The van der Waals surface area contributed by atoms with E-state index >= 15 is 0 Å². The van der Waals surface area contributed by atoms with Crippen molar-refractivity contribution in [3.8, 4) is 0 Å². The first-order valence-corrected chi connectivity index (χ1v) is 6.41. The van der Waals surface area contributed by atoms with Gasteiger partial charge in [0.15, 0.2) is 0 Å². The number of hydrogen-bond donors (Lipinski definition) is 1. The summed E-state index contributed by atoms with van der Waals surface area (Å²) >= 11 is 0. The number of anilines is 1. The monoisotopic (exact) mass is 248 g/mol. The van der Waals surface area contributed by atoms with Gasteiger partial charge in [-0.25, -0.2) is 0 Å². The van der Waals surface area contributed by atoms with E-state index in [0.717, 1.165) is 31.7 Å². The first-order chi connectivity index (χ1) is 8.83. The fourth-order valence-corrected chi connectivity index (χ4v) is 2.22. The Morgan fingerprint density at radius 3 is 3.11 bits per heavy atom. The molecule has 1 aromatic carbocycles. The van der Waals surface area contributed by atoms with Crippen molar-refractivity contribution < 1.29 is 9.53 Å². The van der Waals surface area contributed by atoms with Gasteiger partial charge in [-0.2, -0.15) is 0 Å². The molecule has 0 atom stereocenters. The van der Waals surface area contributed by atoms with Gasteiger partial charge in [0.05, 0.1) is 0 Å². The Morgan fingerprint density at radius 2 is 2.28 bits per heavy atom. The first kappa shape index (κ1) is 13.1. The Morgan fingerprint density at radius 1 is 1.44 bits per heavy atom. The number of nitrogens with one attached hydrogen (secondary N) is 1. The molecule has 0 bridgehead atoms. The number of benzene rings is 1. The molecule has 0 saturated carbocycles. The van der Waals surface area contributed by atoms with Crippen LogP contribution in [0.25, 0.3) is 0 Å². The van der Waals surface area contributed by atoms with Crippen molar-refractivity contribution in [2.45, 2.75) is 19.4 Å². The predicted molar refractivity (Wildman–Crippen MR) is 71.6 cm³/mol. The van der Waals surface area contributed by atoms with Crippen molar-refractivity contribution in [2.24, 2.45) is 0 Å². The lowest BCUT2D eigenvalue weighted by Crippen LogP contribution is -2.34. The van der Waals surface area contributed by atoms with Crippen molar-refractivity contribution >= 4 is 11.6 Å². The summed E-state index contributed by atoms with van der Waals surface area (Å²) < 4.78 is 4.99. The molecule has 0 aliphatic carbocycles. The summed E-state index contributed by atoms with van der Waals surface area (Å²) in [5.74, 6) is 0.184. The minimum Gasteiger partial charge on any atom is -0.385 e. The molecule has 98 valence electrons. The average molecular weight is 248 g/mol. The minimum atomic E-state index is 0.184. The molecule has 18 heavy (non-hydrogen) atoms. The number of ether oxygens (including phenoxy) is 1. The SMILES string of the molecule is COCCCC(=O)N1CCNCc2ccccc21. The third-order valence-corrected chi connectivity index (χ3v) is 3.15. The van der Waals surface area contributed by atoms with Crippen LogP contribution in [0.4, 0.5) is 5.69 Å². The highest BCUT2D eigenvalue weighted by molar-refractivity contribution is 5.94. The molecule has 0 unspecified atom stereocenters. The standard InChI is InChI=1S/C14H20N2O2/c1-18-10-4-7-14(17)16-9-8-15-11-12-5-2-3-6-13(12)16/h2-3,5-6,15H,4,7-11H2,1H3. The molecule has 2 rings (SSSR count). The van der Waals surface area contributed by atoms with Gasteiger partial charge < -0.3 is 15.0 Å². The fraction of sp³-hybridized carbons (Fsp3) is 0.500. The second kappa shape index (κ2) is 6.52. The zero-order chi connectivity index (χ0) is 12.8. The molecule has 0 saturated heterocycles. The Bertz CT molecular complexity index is 407. The summed E-state index contributed by atoms with van der Waals surface area (Å²) in [6, 6.07) is 8.10. The highest BCUT2D eigenvalue weighted by Gasteiger charge is 2.19. The normalized spacial score (nSPS) is 15.1. The topological polar surface area (TPSA) is 41.6 Å². The molecule has 1 heterocycles.